The molecule has 18 heavy (non-hydrogen) atoms. The minimum absolute atomic E-state index is 0.253. The highest BCUT2D eigenvalue weighted by atomic mass is 32.2. The molecule has 0 unspecified atom stereocenters. The van der Waals surface area contributed by atoms with Gasteiger partial charge in [0.05, 0.1) is 17.1 Å². The Labute approximate surface area is 109 Å². The molecule has 0 spiro atoms. The van der Waals surface area contributed by atoms with E-state index in [1.165, 1.54) is 11.3 Å². The summed E-state index contributed by atoms with van der Waals surface area (Å²) in [5.41, 5.74) is 7.27. The van der Waals surface area contributed by atoms with Gasteiger partial charge >= 0.3 is 0 Å². The topological polar surface area (TPSA) is 101 Å². The van der Waals surface area contributed by atoms with Gasteiger partial charge in [-0.25, -0.2) is 8.42 Å². The Morgan fingerprint density at radius 2 is 2.17 bits per heavy atom. The van der Waals surface area contributed by atoms with Gasteiger partial charge in [0.25, 0.3) is 10.0 Å². The number of H-pyrrole nitrogens is 1. The summed E-state index contributed by atoms with van der Waals surface area (Å²) in [6.45, 7) is 3.84. The molecule has 0 saturated heterocycles. The maximum Gasteiger partial charge on any atom is 0.271 e. The average Bonchev–Trinajstić information content (AvgIpc) is 2.91. The molecule has 0 aliphatic carbocycles. The lowest BCUT2D eigenvalue weighted by Gasteiger charge is -2.05. The van der Waals surface area contributed by atoms with Crippen LogP contribution in [0.15, 0.2) is 16.3 Å². The van der Waals surface area contributed by atoms with Crippen LogP contribution in [-0.2, 0) is 16.6 Å². The summed E-state index contributed by atoms with van der Waals surface area (Å²) in [6.07, 6.45) is 0. The van der Waals surface area contributed by atoms with Gasteiger partial charge in [-0.1, -0.05) is 0 Å². The van der Waals surface area contributed by atoms with Crippen molar-refractivity contribution in [2.75, 3.05) is 4.72 Å². The summed E-state index contributed by atoms with van der Waals surface area (Å²) >= 11 is 1.17. The molecule has 8 heteroatoms. The molecule has 2 aromatic heterocycles. The summed E-state index contributed by atoms with van der Waals surface area (Å²) < 4.78 is 27.1. The molecular weight excluding hydrogens is 272 g/mol. The number of hydrogen-bond donors (Lipinski definition) is 3. The third kappa shape index (κ3) is 2.40. The third-order valence-corrected chi connectivity index (χ3v) is 5.42. The van der Waals surface area contributed by atoms with E-state index in [-0.39, 0.29) is 4.21 Å². The lowest BCUT2D eigenvalue weighted by Crippen LogP contribution is -2.12. The lowest BCUT2D eigenvalue weighted by atomic mass is 10.3. The van der Waals surface area contributed by atoms with Crippen LogP contribution < -0.4 is 10.5 Å². The Morgan fingerprint density at radius 1 is 1.44 bits per heavy atom. The highest BCUT2D eigenvalue weighted by Gasteiger charge is 2.19. The fourth-order valence-corrected chi connectivity index (χ4v) is 3.91. The van der Waals surface area contributed by atoms with E-state index in [9.17, 15) is 8.42 Å². The highest BCUT2D eigenvalue weighted by Crippen LogP contribution is 2.25. The van der Waals surface area contributed by atoms with E-state index >= 15 is 0 Å². The number of hydrogen-bond acceptors (Lipinski definition) is 5. The van der Waals surface area contributed by atoms with Crippen molar-refractivity contribution in [1.29, 1.82) is 0 Å². The van der Waals surface area contributed by atoms with Gasteiger partial charge in [0.2, 0.25) is 0 Å². The highest BCUT2D eigenvalue weighted by molar-refractivity contribution is 7.94. The van der Waals surface area contributed by atoms with Gasteiger partial charge < -0.3 is 5.73 Å². The van der Waals surface area contributed by atoms with Crippen molar-refractivity contribution in [3.63, 3.8) is 0 Å². The molecule has 0 aromatic carbocycles. The average molecular weight is 286 g/mol. The molecule has 0 radical (unpaired) electrons. The van der Waals surface area contributed by atoms with Crippen LogP contribution >= 0.6 is 11.3 Å². The Balaban J connectivity index is 2.33. The van der Waals surface area contributed by atoms with Crippen molar-refractivity contribution in [3.05, 3.63) is 28.4 Å². The SMILES string of the molecule is Cc1n[nH]c(C)c1NS(=O)(=O)c1ccc(CN)s1. The number of nitrogens with one attached hydrogen (secondary N) is 2. The molecule has 98 valence electrons. The molecule has 0 bridgehead atoms. The molecule has 0 fully saturated rings. The summed E-state index contributed by atoms with van der Waals surface area (Å²) in [7, 11) is -3.56. The van der Waals surface area contributed by atoms with Gasteiger partial charge in [0.15, 0.2) is 0 Å². The predicted molar refractivity (Wildman–Crippen MR) is 71.1 cm³/mol. The number of nitrogens with two attached hydrogens (primary N) is 1. The number of aromatic amines is 1. The Hall–Kier alpha value is -1.38. The van der Waals surface area contributed by atoms with E-state index < -0.39 is 10.0 Å². The lowest BCUT2D eigenvalue weighted by molar-refractivity contribution is 0.603. The number of aromatic nitrogens is 2. The van der Waals surface area contributed by atoms with Crippen LogP contribution in [0.25, 0.3) is 0 Å². The van der Waals surface area contributed by atoms with Gasteiger partial charge in [-0.3, -0.25) is 9.82 Å². The van der Waals surface area contributed by atoms with Crippen LogP contribution in [0.3, 0.4) is 0 Å². The van der Waals surface area contributed by atoms with E-state index in [0.717, 1.165) is 4.88 Å². The second-order valence-corrected chi connectivity index (χ2v) is 6.92. The van der Waals surface area contributed by atoms with Gasteiger partial charge in [0, 0.05) is 11.4 Å². The zero-order valence-corrected chi connectivity index (χ0v) is 11.7. The monoisotopic (exact) mass is 286 g/mol. The minimum atomic E-state index is -3.56. The van der Waals surface area contributed by atoms with Crippen molar-refractivity contribution in [2.45, 2.75) is 24.6 Å². The Kier molecular flexibility index (Phi) is 3.42. The maximum atomic E-state index is 12.2. The first-order valence-electron chi connectivity index (χ1n) is 5.27. The molecule has 0 aliphatic heterocycles. The zero-order chi connectivity index (χ0) is 13.3. The molecule has 0 aliphatic rings. The van der Waals surface area contributed by atoms with E-state index in [0.29, 0.717) is 23.6 Å². The summed E-state index contributed by atoms with van der Waals surface area (Å²) in [4.78, 5) is 0.830. The zero-order valence-electron chi connectivity index (χ0n) is 10.0. The molecule has 0 atom stereocenters. The number of rotatable bonds is 4. The fourth-order valence-electron chi connectivity index (χ4n) is 1.50. The van der Waals surface area contributed by atoms with Crippen LogP contribution in [0, 0.1) is 13.8 Å². The summed E-state index contributed by atoms with van der Waals surface area (Å²) in [6, 6.07) is 3.27. The number of nitrogens with zero attached hydrogens (tertiary/aromatic N) is 1. The molecule has 0 amide bonds. The molecular formula is C10H14N4O2S2. The third-order valence-electron chi connectivity index (χ3n) is 2.47. The van der Waals surface area contributed by atoms with Crippen LogP contribution in [0.1, 0.15) is 16.3 Å². The quantitative estimate of drug-likeness (QED) is 0.789. The fraction of sp³-hybridized carbons (Fsp3) is 0.300. The molecule has 2 rings (SSSR count). The Morgan fingerprint density at radius 3 is 2.67 bits per heavy atom. The van der Waals surface area contributed by atoms with Crippen LogP contribution in [0.2, 0.25) is 0 Å². The van der Waals surface area contributed by atoms with Crippen molar-refractivity contribution in [1.82, 2.24) is 10.2 Å². The van der Waals surface area contributed by atoms with E-state index in [1.54, 1.807) is 26.0 Å². The van der Waals surface area contributed by atoms with Gasteiger partial charge in [-0.2, -0.15) is 5.10 Å². The smallest absolute Gasteiger partial charge is 0.271 e. The first kappa shape index (κ1) is 13.1. The van der Waals surface area contributed by atoms with E-state index in [1.807, 2.05) is 0 Å². The first-order valence-corrected chi connectivity index (χ1v) is 7.57. The second kappa shape index (κ2) is 4.71. The molecule has 6 nitrogen and oxygen atoms in total. The largest absolute Gasteiger partial charge is 0.326 e. The van der Waals surface area contributed by atoms with Gasteiger partial charge in [-0.15, -0.1) is 11.3 Å². The summed E-state index contributed by atoms with van der Waals surface area (Å²) in [5, 5.41) is 6.68. The molecule has 0 saturated carbocycles. The second-order valence-electron chi connectivity index (χ2n) is 3.84. The van der Waals surface area contributed by atoms with Crippen LogP contribution in [0.4, 0.5) is 5.69 Å². The maximum absolute atomic E-state index is 12.2. The van der Waals surface area contributed by atoms with Gasteiger partial charge in [-0.05, 0) is 26.0 Å². The number of aryl methyl sites for hydroxylation is 2. The van der Waals surface area contributed by atoms with Crippen LogP contribution in [-0.4, -0.2) is 18.6 Å². The van der Waals surface area contributed by atoms with E-state index in [4.69, 9.17) is 5.73 Å². The summed E-state index contributed by atoms with van der Waals surface area (Å²) in [5.74, 6) is 0. The van der Waals surface area contributed by atoms with Gasteiger partial charge in [0.1, 0.15) is 4.21 Å². The first-order chi connectivity index (χ1) is 8.44. The predicted octanol–water partition coefficient (Wildman–Crippen LogP) is 1.35. The molecule has 2 aromatic rings. The van der Waals surface area contributed by atoms with Crippen LogP contribution in [0.5, 0.6) is 0 Å². The number of anilines is 1. The molecule has 2 heterocycles. The Bertz CT molecular complexity index is 638. The number of thiophene rings is 1. The molecule has 4 N–H and O–H groups in total. The normalized spacial score (nSPS) is 11.7. The number of sulfonamides is 1. The van der Waals surface area contributed by atoms with Crippen molar-refractivity contribution in [2.24, 2.45) is 5.73 Å². The van der Waals surface area contributed by atoms with Crippen molar-refractivity contribution >= 4 is 27.0 Å². The van der Waals surface area contributed by atoms with E-state index in [2.05, 4.69) is 14.9 Å². The van der Waals surface area contributed by atoms with Crippen molar-refractivity contribution < 1.29 is 8.42 Å². The standard InChI is InChI=1S/C10H14N4O2S2/c1-6-10(7(2)13-12-6)14-18(15,16)9-4-3-8(5-11)17-9/h3-4,14H,5,11H2,1-2H3,(H,12,13). The minimum Gasteiger partial charge on any atom is -0.326 e. The van der Waals surface area contributed by atoms with Crippen molar-refractivity contribution in [3.8, 4) is 0 Å².